The Labute approximate surface area is 209 Å². The number of ether oxygens (including phenoxy) is 6. The van der Waals surface area contributed by atoms with Crippen molar-refractivity contribution in [2.45, 2.75) is 18.2 Å². The van der Waals surface area contributed by atoms with Gasteiger partial charge in [0.2, 0.25) is 12.5 Å². The van der Waals surface area contributed by atoms with E-state index in [1.807, 2.05) is 30.3 Å². The highest BCUT2D eigenvalue weighted by atomic mass is 16.7. The first kappa shape index (κ1) is 22.8. The zero-order valence-electron chi connectivity index (χ0n) is 20.4. The Morgan fingerprint density at radius 3 is 2.19 bits per heavy atom. The van der Waals surface area contributed by atoms with Crippen molar-refractivity contribution >= 4 is 5.69 Å². The Kier molecular flexibility index (Phi) is 5.78. The molecule has 1 unspecified atom stereocenters. The fourth-order valence-corrected chi connectivity index (χ4v) is 5.92. The molecule has 1 saturated heterocycles. The third-order valence-corrected chi connectivity index (χ3v) is 7.51. The number of rotatable bonds is 6. The molecule has 3 aromatic carbocycles. The first-order valence-corrected chi connectivity index (χ1v) is 12.0. The molecule has 188 valence electrons. The Morgan fingerprint density at radius 1 is 0.889 bits per heavy atom. The van der Waals surface area contributed by atoms with Crippen LogP contribution in [0.15, 0.2) is 54.6 Å². The summed E-state index contributed by atoms with van der Waals surface area (Å²) in [4.78, 5) is 0. The molecule has 1 aliphatic carbocycles. The van der Waals surface area contributed by atoms with Gasteiger partial charge in [0.15, 0.2) is 29.3 Å². The van der Waals surface area contributed by atoms with Crippen LogP contribution in [0.3, 0.4) is 0 Å². The van der Waals surface area contributed by atoms with Crippen LogP contribution in [-0.4, -0.2) is 46.1 Å². The second-order valence-electron chi connectivity index (χ2n) is 9.25. The summed E-state index contributed by atoms with van der Waals surface area (Å²) >= 11 is 0. The number of phenols is 1. The molecule has 8 nitrogen and oxygen atoms in total. The minimum absolute atomic E-state index is 0.0250. The second kappa shape index (κ2) is 9.11. The van der Waals surface area contributed by atoms with E-state index in [0.29, 0.717) is 23.9 Å². The van der Waals surface area contributed by atoms with Crippen LogP contribution in [0.4, 0.5) is 5.69 Å². The Balaban J connectivity index is 1.56. The van der Waals surface area contributed by atoms with Crippen molar-refractivity contribution in [3.63, 3.8) is 0 Å². The Bertz CT molecular complexity index is 1240. The molecule has 0 amide bonds. The van der Waals surface area contributed by atoms with Gasteiger partial charge in [-0.2, -0.15) is 0 Å². The number of para-hydroxylation sites is 1. The quantitative estimate of drug-likeness (QED) is 0.514. The molecule has 0 spiro atoms. The van der Waals surface area contributed by atoms with Crippen molar-refractivity contribution in [2.24, 2.45) is 11.8 Å². The number of anilines is 1. The van der Waals surface area contributed by atoms with E-state index in [1.54, 1.807) is 7.11 Å². The molecule has 36 heavy (non-hydrogen) atoms. The van der Waals surface area contributed by atoms with Gasteiger partial charge in [0.25, 0.3) is 0 Å². The minimum Gasteiger partial charge on any atom is -0.502 e. The summed E-state index contributed by atoms with van der Waals surface area (Å²) in [5.74, 6) is 2.04. The molecule has 0 radical (unpaired) electrons. The van der Waals surface area contributed by atoms with Crippen molar-refractivity contribution < 1.29 is 33.5 Å². The first-order chi connectivity index (χ1) is 17.6. The summed E-state index contributed by atoms with van der Waals surface area (Å²) < 4.78 is 34.6. The normalized spacial score (nSPS) is 25.7. The maximum absolute atomic E-state index is 10.6. The lowest BCUT2D eigenvalue weighted by molar-refractivity contribution is -0.113. The molecule has 5 atom stereocenters. The van der Waals surface area contributed by atoms with E-state index in [0.717, 1.165) is 28.1 Å². The highest BCUT2D eigenvalue weighted by molar-refractivity contribution is 5.60. The lowest BCUT2D eigenvalue weighted by atomic mass is 9.65. The topological polar surface area (TPSA) is 87.6 Å². The van der Waals surface area contributed by atoms with Crippen molar-refractivity contribution in [3.8, 4) is 28.7 Å². The van der Waals surface area contributed by atoms with Gasteiger partial charge in [-0.25, -0.2) is 0 Å². The molecule has 3 aromatic rings. The molecule has 3 aliphatic rings. The van der Waals surface area contributed by atoms with E-state index in [9.17, 15) is 5.11 Å². The van der Waals surface area contributed by atoms with Gasteiger partial charge >= 0.3 is 0 Å². The van der Waals surface area contributed by atoms with Gasteiger partial charge in [0.05, 0.1) is 26.9 Å². The molecule has 0 bridgehead atoms. The molecule has 0 aromatic heterocycles. The monoisotopic (exact) mass is 491 g/mol. The standard InChI is InChI=1S/C28H29NO7/c1-31-22-9-15(10-23(32-2)27(22)30)24-17-11-20-21(36-14-35-20)12-18(17)26(29-16-7-5-4-6-8-16)19-13-34-28(33-3)25(19)24/h4-12,19,24-26,28-30H,13-14H2,1-3H3/t19?,24-,25-,26+,28+/m0/s1. The van der Waals surface area contributed by atoms with Gasteiger partial charge < -0.3 is 38.8 Å². The van der Waals surface area contributed by atoms with Crippen molar-refractivity contribution in [1.82, 2.24) is 0 Å². The second-order valence-corrected chi connectivity index (χ2v) is 9.25. The molecule has 6 rings (SSSR count). The van der Waals surface area contributed by atoms with E-state index < -0.39 is 6.29 Å². The van der Waals surface area contributed by atoms with Crippen molar-refractivity contribution in [3.05, 3.63) is 71.3 Å². The van der Waals surface area contributed by atoms with Crippen LogP contribution in [-0.2, 0) is 9.47 Å². The highest BCUT2D eigenvalue weighted by Crippen LogP contribution is 2.57. The summed E-state index contributed by atoms with van der Waals surface area (Å²) in [6.07, 6.45) is -0.413. The number of fused-ring (bicyclic) bond motifs is 3. The predicted octanol–water partition coefficient (Wildman–Crippen LogP) is 4.67. The smallest absolute Gasteiger partial charge is 0.231 e. The average Bonchev–Trinajstić information content (AvgIpc) is 3.55. The largest absolute Gasteiger partial charge is 0.502 e. The number of nitrogens with one attached hydrogen (secondary N) is 1. The van der Waals surface area contributed by atoms with Crippen LogP contribution >= 0.6 is 0 Å². The summed E-state index contributed by atoms with van der Waals surface area (Å²) in [5.41, 5.74) is 4.15. The van der Waals surface area contributed by atoms with Crippen LogP contribution in [0, 0.1) is 11.8 Å². The molecular formula is C28H29NO7. The SMILES string of the molecule is COc1cc([C@H]2c3cc4c(cc3[C@@H](Nc3ccccc3)C3CO[C@@H](OC)[C@@H]32)OCO4)cc(OC)c1O. The lowest BCUT2D eigenvalue weighted by Crippen LogP contribution is -2.39. The lowest BCUT2D eigenvalue weighted by Gasteiger charge is -2.42. The summed E-state index contributed by atoms with van der Waals surface area (Å²) in [5, 5.41) is 14.3. The van der Waals surface area contributed by atoms with Gasteiger partial charge in [-0.05, 0) is 53.1 Å². The molecule has 2 N–H and O–H groups in total. The van der Waals surface area contributed by atoms with Crippen molar-refractivity contribution in [1.29, 1.82) is 0 Å². The molecule has 2 heterocycles. The highest BCUT2D eigenvalue weighted by Gasteiger charge is 2.52. The van der Waals surface area contributed by atoms with Crippen LogP contribution in [0.25, 0.3) is 0 Å². The van der Waals surface area contributed by atoms with Gasteiger partial charge in [0.1, 0.15) is 0 Å². The van der Waals surface area contributed by atoms with Crippen LogP contribution in [0.5, 0.6) is 28.7 Å². The zero-order valence-corrected chi connectivity index (χ0v) is 20.4. The fraction of sp³-hybridized carbons (Fsp3) is 0.357. The molecule has 2 aliphatic heterocycles. The van der Waals surface area contributed by atoms with Gasteiger partial charge in [0, 0.05) is 30.6 Å². The number of phenolic OH excluding ortho intramolecular Hbond substituents is 1. The third-order valence-electron chi connectivity index (χ3n) is 7.51. The molecular weight excluding hydrogens is 462 g/mol. The molecule has 1 fully saturated rings. The third kappa shape index (κ3) is 3.60. The minimum atomic E-state index is -0.413. The molecule has 0 saturated carbocycles. The van der Waals surface area contributed by atoms with Gasteiger partial charge in [-0.1, -0.05) is 18.2 Å². The fourth-order valence-electron chi connectivity index (χ4n) is 5.92. The number of hydrogen-bond acceptors (Lipinski definition) is 8. The summed E-state index contributed by atoms with van der Waals surface area (Å²) in [6.45, 7) is 0.724. The van der Waals surface area contributed by atoms with Crippen LogP contribution < -0.4 is 24.3 Å². The average molecular weight is 492 g/mol. The number of hydrogen-bond donors (Lipinski definition) is 2. The maximum Gasteiger partial charge on any atom is 0.231 e. The summed E-state index contributed by atoms with van der Waals surface area (Å²) in [7, 11) is 4.74. The number of benzene rings is 3. The Morgan fingerprint density at radius 2 is 1.56 bits per heavy atom. The Hall–Kier alpha value is -3.62. The van der Waals surface area contributed by atoms with E-state index in [4.69, 9.17) is 28.4 Å². The van der Waals surface area contributed by atoms with E-state index in [1.165, 1.54) is 14.2 Å². The van der Waals surface area contributed by atoms with Crippen LogP contribution in [0.2, 0.25) is 0 Å². The van der Waals surface area contributed by atoms with E-state index >= 15 is 0 Å². The molecule has 8 heteroatoms. The number of aromatic hydroxyl groups is 1. The van der Waals surface area contributed by atoms with E-state index in [-0.39, 0.29) is 36.3 Å². The maximum atomic E-state index is 10.6. The zero-order chi connectivity index (χ0) is 24.8. The van der Waals surface area contributed by atoms with Gasteiger partial charge in [-0.3, -0.25) is 0 Å². The number of methoxy groups -OCH3 is 3. The summed E-state index contributed by atoms with van der Waals surface area (Å²) in [6, 6.07) is 18.0. The predicted molar refractivity (Wildman–Crippen MR) is 132 cm³/mol. The van der Waals surface area contributed by atoms with Crippen LogP contribution in [0.1, 0.15) is 28.7 Å². The van der Waals surface area contributed by atoms with Crippen molar-refractivity contribution in [2.75, 3.05) is 40.0 Å². The first-order valence-electron chi connectivity index (χ1n) is 12.0. The van der Waals surface area contributed by atoms with E-state index in [2.05, 4.69) is 29.6 Å². The van der Waals surface area contributed by atoms with Gasteiger partial charge in [-0.15, -0.1) is 0 Å².